The molecule has 0 aliphatic rings. The van der Waals surface area contributed by atoms with Crippen LogP contribution in [0.1, 0.15) is 50.4 Å². The predicted octanol–water partition coefficient (Wildman–Crippen LogP) is 2.85. The van der Waals surface area contributed by atoms with E-state index in [1.165, 1.54) is 0 Å². The van der Waals surface area contributed by atoms with E-state index in [9.17, 15) is 4.79 Å². The van der Waals surface area contributed by atoms with Crippen molar-refractivity contribution in [1.29, 1.82) is 0 Å². The monoisotopic (exact) mass is 263 g/mol. The van der Waals surface area contributed by atoms with Gasteiger partial charge in [0.2, 0.25) is 0 Å². The number of amides is 1. The Kier molecular flexibility index (Phi) is 6.93. The predicted molar refractivity (Wildman–Crippen MR) is 79.7 cm³/mol. The molecule has 1 aromatic rings. The minimum atomic E-state index is -0.00749. The summed E-state index contributed by atoms with van der Waals surface area (Å²) in [6.07, 6.45) is 5.06. The number of aromatic nitrogens is 1. The zero-order valence-corrected chi connectivity index (χ0v) is 12.3. The van der Waals surface area contributed by atoms with Gasteiger partial charge in [-0.3, -0.25) is 4.79 Å². The number of anilines is 1. The first kappa shape index (κ1) is 15.5. The zero-order chi connectivity index (χ0) is 14.1. The number of nitrogens with zero attached hydrogens (tertiary/aromatic N) is 2. The number of carbonyl (C=O) groups is 1. The van der Waals surface area contributed by atoms with Crippen molar-refractivity contribution in [2.24, 2.45) is 0 Å². The fourth-order valence-corrected chi connectivity index (χ4v) is 1.96. The van der Waals surface area contributed by atoms with Gasteiger partial charge in [-0.1, -0.05) is 19.8 Å². The van der Waals surface area contributed by atoms with Crippen LogP contribution in [0.2, 0.25) is 0 Å². The molecule has 19 heavy (non-hydrogen) atoms. The van der Waals surface area contributed by atoms with Gasteiger partial charge in [0, 0.05) is 31.4 Å². The largest absolute Gasteiger partial charge is 0.357 e. The summed E-state index contributed by atoms with van der Waals surface area (Å²) in [5.74, 6) is 0.859. The zero-order valence-electron chi connectivity index (χ0n) is 12.3. The standard InChI is InChI=1S/C15H25N3O/c1-4-7-8-10-17-15(19)13-9-11-16-14(12-13)18(5-2)6-3/h9,11-12H,4-8,10H2,1-3H3,(H,17,19). The SMILES string of the molecule is CCCCCNC(=O)c1ccnc(N(CC)CC)c1. The van der Waals surface area contributed by atoms with Crippen molar-refractivity contribution >= 4 is 11.7 Å². The third-order valence-corrected chi connectivity index (χ3v) is 3.16. The smallest absolute Gasteiger partial charge is 0.251 e. The Bertz CT molecular complexity index is 389. The molecule has 1 N–H and O–H groups in total. The molecule has 106 valence electrons. The van der Waals surface area contributed by atoms with Crippen LogP contribution in [0.4, 0.5) is 5.82 Å². The number of rotatable bonds is 8. The maximum atomic E-state index is 12.0. The number of pyridine rings is 1. The number of hydrogen-bond donors (Lipinski definition) is 1. The lowest BCUT2D eigenvalue weighted by Gasteiger charge is -2.19. The molecule has 0 bridgehead atoms. The summed E-state index contributed by atoms with van der Waals surface area (Å²) in [4.78, 5) is 18.5. The number of nitrogens with one attached hydrogen (secondary N) is 1. The van der Waals surface area contributed by atoms with Crippen molar-refractivity contribution in [3.05, 3.63) is 23.9 Å². The fourth-order valence-electron chi connectivity index (χ4n) is 1.96. The molecule has 1 aromatic heterocycles. The van der Waals surface area contributed by atoms with Crippen molar-refractivity contribution in [3.8, 4) is 0 Å². The minimum Gasteiger partial charge on any atom is -0.357 e. The summed E-state index contributed by atoms with van der Waals surface area (Å²) in [5.41, 5.74) is 0.688. The van der Waals surface area contributed by atoms with E-state index in [2.05, 4.69) is 36.0 Å². The molecule has 4 nitrogen and oxygen atoms in total. The molecule has 0 atom stereocenters. The molecule has 4 heteroatoms. The highest BCUT2D eigenvalue weighted by atomic mass is 16.1. The molecule has 1 amide bonds. The van der Waals surface area contributed by atoms with Crippen LogP contribution in [0, 0.1) is 0 Å². The van der Waals surface area contributed by atoms with Crippen molar-refractivity contribution in [3.63, 3.8) is 0 Å². The van der Waals surface area contributed by atoms with E-state index in [4.69, 9.17) is 0 Å². The van der Waals surface area contributed by atoms with Crippen LogP contribution < -0.4 is 10.2 Å². The summed E-state index contributed by atoms with van der Waals surface area (Å²) < 4.78 is 0. The Morgan fingerprint density at radius 2 is 2.00 bits per heavy atom. The third-order valence-electron chi connectivity index (χ3n) is 3.16. The van der Waals surface area contributed by atoms with Gasteiger partial charge in [0.1, 0.15) is 5.82 Å². The second-order valence-electron chi connectivity index (χ2n) is 4.54. The first-order valence-corrected chi connectivity index (χ1v) is 7.22. The molecular weight excluding hydrogens is 238 g/mol. The number of carbonyl (C=O) groups excluding carboxylic acids is 1. The average Bonchev–Trinajstić information content (AvgIpc) is 2.45. The van der Waals surface area contributed by atoms with Gasteiger partial charge in [0.25, 0.3) is 5.91 Å². The van der Waals surface area contributed by atoms with Gasteiger partial charge in [-0.25, -0.2) is 4.98 Å². The van der Waals surface area contributed by atoms with Crippen molar-refractivity contribution in [2.45, 2.75) is 40.0 Å². The molecule has 0 saturated carbocycles. The molecule has 0 aliphatic heterocycles. The Morgan fingerprint density at radius 1 is 1.26 bits per heavy atom. The van der Waals surface area contributed by atoms with Crippen LogP contribution in [-0.4, -0.2) is 30.5 Å². The van der Waals surface area contributed by atoms with E-state index >= 15 is 0 Å². The number of hydrogen-bond acceptors (Lipinski definition) is 3. The molecule has 0 fully saturated rings. The first-order chi connectivity index (χ1) is 9.22. The number of unbranched alkanes of at least 4 members (excludes halogenated alkanes) is 2. The van der Waals surface area contributed by atoms with E-state index in [-0.39, 0.29) is 5.91 Å². The lowest BCUT2D eigenvalue weighted by molar-refractivity contribution is 0.0953. The van der Waals surface area contributed by atoms with Crippen molar-refractivity contribution < 1.29 is 4.79 Å². The summed E-state index contributed by atoms with van der Waals surface area (Å²) in [7, 11) is 0. The van der Waals surface area contributed by atoms with Crippen LogP contribution in [0.25, 0.3) is 0 Å². The van der Waals surface area contributed by atoms with Gasteiger partial charge in [-0.15, -0.1) is 0 Å². The molecule has 0 saturated heterocycles. The van der Waals surface area contributed by atoms with Gasteiger partial charge >= 0.3 is 0 Å². The molecule has 0 radical (unpaired) electrons. The van der Waals surface area contributed by atoms with Crippen LogP contribution in [0.5, 0.6) is 0 Å². The fraction of sp³-hybridized carbons (Fsp3) is 0.600. The summed E-state index contributed by atoms with van der Waals surface area (Å²) in [5, 5.41) is 2.95. The van der Waals surface area contributed by atoms with E-state index < -0.39 is 0 Å². The second kappa shape index (κ2) is 8.51. The molecule has 1 rings (SSSR count). The van der Waals surface area contributed by atoms with Crippen molar-refractivity contribution in [1.82, 2.24) is 10.3 Å². The van der Waals surface area contributed by atoms with Gasteiger partial charge in [0.15, 0.2) is 0 Å². The summed E-state index contributed by atoms with van der Waals surface area (Å²) >= 11 is 0. The Balaban J connectivity index is 2.62. The molecule has 0 spiro atoms. The Morgan fingerprint density at radius 3 is 2.63 bits per heavy atom. The Labute approximate surface area is 116 Å². The highest BCUT2D eigenvalue weighted by molar-refractivity contribution is 5.94. The average molecular weight is 263 g/mol. The topological polar surface area (TPSA) is 45.2 Å². The van der Waals surface area contributed by atoms with Gasteiger partial charge in [0.05, 0.1) is 0 Å². The van der Waals surface area contributed by atoms with Crippen LogP contribution in [0.15, 0.2) is 18.3 Å². The Hall–Kier alpha value is -1.58. The van der Waals surface area contributed by atoms with Crippen LogP contribution in [-0.2, 0) is 0 Å². The molecular formula is C15H25N3O. The van der Waals surface area contributed by atoms with E-state index in [0.717, 1.165) is 44.7 Å². The van der Waals surface area contributed by atoms with E-state index in [0.29, 0.717) is 5.56 Å². The molecule has 0 unspecified atom stereocenters. The quantitative estimate of drug-likeness (QED) is 0.734. The van der Waals surface area contributed by atoms with Gasteiger partial charge < -0.3 is 10.2 Å². The third kappa shape index (κ3) is 4.89. The highest BCUT2D eigenvalue weighted by Crippen LogP contribution is 2.12. The van der Waals surface area contributed by atoms with Gasteiger partial charge in [-0.2, -0.15) is 0 Å². The first-order valence-electron chi connectivity index (χ1n) is 7.22. The lowest BCUT2D eigenvalue weighted by Crippen LogP contribution is -2.26. The summed E-state index contributed by atoms with van der Waals surface area (Å²) in [6, 6.07) is 3.63. The minimum absolute atomic E-state index is 0.00749. The second-order valence-corrected chi connectivity index (χ2v) is 4.54. The van der Waals surface area contributed by atoms with E-state index in [1.54, 1.807) is 12.3 Å². The molecule has 1 heterocycles. The molecule has 0 aliphatic carbocycles. The molecule has 0 aromatic carbocycles. The van der Waals surface area contributed by atoms with Crippen LogP contribution in [0.3, 0.4) is 0 Å². The maximum absolute atomic E-state index is 12.0. The van der Waals surface area contributed by atoms with Crippen LogP contribution >= 0.6 is 0 Å². The summed E-state index contributed by atoms with van der Waals surface area (Å²) in [6.45, 7) is 8.86. The highest BCUT2D eigenvalue weighted by Gasteiger charge is 2.09. The maximum Gasteiger partial charge on any atom is 0.251 e. The normalized spacial score (nSPS) is 10.3. The lowest BCUT2D eigenvalue weighted by atomic mass is 10.2. The van der Waals surface area contributed by atoms with Gasteiger partial charge in [-0.05, 0) is 32.4 Å². The van der Waals surface area contributed by atoms with E-state index in [1.807, 2.05) is 6.07 Å². The van der Waals surface area contributed by atoms with Crippen molar-refractivity contribution in [2.75, 3.05) is 24.5 Å².